The summed E-state index contributed by atoms with van der Waals surface area (Å²) in [6.45, 7) is 0.174. The van der Waals surface area contributed by atoms with Crippen LogP contribution in [0.5, 0.6) is 23.0 Å². The molecule has 1 fully saturated rings. The van der Waals surface area contributed by atoms with E-state index in [1.165, 1.54) is 37.3 Å². The molecule has 208 valence electrons. The molecule has 4 bridgehead atoms. The molecule has 0 saturated carbocycles. The second kappa shape index (κ2) is 11.4. The van der Waals surface area contributed by atoms with Gasteiger partial charge in [0, 0.05) is 24.7 Å². The van der Waals surface area contributed by atoms with Gasteiger partial charge in [-0.3, -0.25) is 19.2 Å². The number of nitrogens with one attached hydrogen (secondary N) is 3. The summed E-state index contributed by atoms with van der Waals surface area (Å²) < 4.78 is 22.8. The number of fused-ring (bicyclic) bond motifs is 7. The third-order valence-electron chi connectivity index (χ3n) is 6.55. The van der Waals surface area contributed by atoms with E-state index in [2.05, 4.69) is 20.8 Å². The number of carbonyl (C=O) groups excluding carboxylic acids is 3. The number of nitrogens with zero attached hydrogens (tertiary/aromatic N) is 2. The van der Waals surface area contributed by atoms with E-state index in [1.54, 1.807) is 30.3 Å². The zero-order valence-electron chi connectivity index (χ0n) is 21.8. The molecule has 0 radical (unpaired) electrons. The smallest absolute Gasteiger partial charge is 0.274 e. The van der Waals surface area contributed by atoms with Gasteiger partial charge < -0.3 is 34.5 Å². The van der Waals surface area contributed by atoms with Gasteiger partial charge in [-0.25, -0.2) is 5.10 Å². The van der Waals surface area contributed by atoms with E-state index in [-0.39, 0.29) is 49.2 Å². The number of rotatable bonds is 3. The number of likely N-dealkylation sites (tertiary alicyclic amines) is 1. The average Bonchev–Trinajstić information content (AvgIpc) is 3.36. The molecule has 2 atom stereocenters. The van der Waals surface area contributed by atoms with E-state index in [0.29, 0.717) is 17.2 Å². The third kappa shape index (κ3) is 5.67. The zero-order chi connectivity index (χ0) is 28.2. The number of aromatic nitrogens is 2. The Morgan fingerprint density at radius 3 is 2.55 bits per heavy atom. The Bertz CT molecular complexity index is 1490. The minimum Gasteiger partial charge on any atom is -0.493 e. The lowest BCUT2D eigenvalue weighted by Crippen LogP contribution is -2.45. The largest absolute Gasteiger partial charge is 0.493 e. The van der Waals surface area contributed by atoms with Gasteiger partial charge in [0.25, 0.3) is 23.3 Å². The summed E-state index contributed by atoms with van der Waals surface area (Å²) in [6.07, 6.45) is -0.653. The lowest BCUT2D eigenvalue weighted by Gasteiger charge is -2.22. The Kier molecular flexibility index (Phi) is 7.53. The molecule has 3 amide bonds. The van der Waals surface area contributed by atoms with Crippen molar-refractivity contribution in [3.63, 3.8) is 0 Å². The first-order valence-corrected chi connectivity index (χ1v) is 12.4. The summed E-state index contributed by atoms with van der Waals surface area (Å²) >= 11 is 0. The summed E-state index contributed by atoms with van der Waals surface area (Å²) in [6, 6.07) is 11.8. The molecule has 3 N–H and O–H groups in total. The van der Waals surface area contributed by atoms with Crippen molar-refractivity contribution in [3.05, 3.63) is 75.7 Å². The van der Waals surface area contributed by atoms with Crippen molar-refractivity contribution in [3.8, 4) is 23.0 Å². The van der Waals surface area contributed by atoms with Crippen LogP contribution in [0.15, 0.2) is 53.3 Å². The zero-order valence-corrected chi connectivity index (χ0v) is 21.8. The SMILES string of the molecule is COc1ccc2cc1OCC(=O)NCc1ccc(c(OC)c1)O[C@H]1CN(C(=O)c3ccc(=O)[nH]n3)C[C@@H]1NC2=O. The van der Waals surface area contributed by atoms with Gasteiger partial charge in [-0.1, -0.05) is 6.07 Å². The summed E-state index contributed by atoms with van der Waals surface area (Å²) in [7, 11) is 2.95. The first-order chi connectivity index (χ1) is 19.3. The Labute approximate surface area is 228 Å². The topological polar surface area (TPSA) is 161 Å². The fourth-order valence-corrected chi connectivity index (χ4v) is 4.48. The van der Waals surface area contributed by atoms with Gasteiger partial charge in [-0.15, -0.1) is 0 Å². The van der Waals surface area contributed by atoms with E-state index < -0.39 is 29.5 Å². The number of aromatic amines is 1. The van der Waals surface area contributed by atoms with Crippen LogP contribution >= 0.6 is 0 Å². The molecule has 40 heavy (non-hydrogen) atoms. The minimum atomic E-state index is -0.653. The molecule has 2 aromatic carbocycles. The normalized spacial score (nSPS) is 18.9. The number of H-pyrrole nitrogens is 1. The van der Waals surface area contributed by atoms with Gasteiger partial charge in [0.15, 0.2) is 29.6 Å². The Hall–Kier alpha value is -5.07. The Morgan fingerprint density at radius 1 is 0.975 bits per heavy atom. The second-order valence-electron chi connectivity index (χ2n) is 9.17. The van der Waals surface area contributed by atoms with E-state index in [0.717, 1.165) is 5.56 Å². The first-order valence-electron chi connectivity index (χ1n) is 12.4. The monoisotopic (exact) mass is 549 g/mol. The number of hydrogen-bond acceptors (Lipinski definition) is 9. The molecule has 6 rings (SSSR count). The molecule has 3 aliphatic heterocycles. The quantitative estimate of drug-likeness (QED) is 0.422. The van der Waals surface area contributed by atoms with Crippen molar-refractivity contribution in [1.29, 1.82) is 0 Å². The maximum absolute atomic E-state index is 13.3. The molecule has 0 spiro atoms. The highest BCUT2D eigenvalue weighted by atomic mass is 16.5. The Morgan fingerprint density at radius 2 is 1.80 bits per heavy atom. The molecule has 0 aliphatic carbocycles. The van der Waals surface area contributed by atoms with Crippen molar-refractivity contribution >= 4 is 17.7 Å². The van der Waals surface area contributed by atoms with E-state index in [4.69, 9.17) is 18.9 Å². The van der Waals surface area contributed by atoms with Crippen LogP contribution in [0, 0.1) is 0 Å². The standard InChI is InChI=1S/C27H27N5O8/c1-37-19-7-4-16-10-22(19)39-14-25(34)28-11-15-3-6-20(21(9-15)38-2)40-23-13-32(12-18(23)29-26(16)35)27(36)17-5-8-24(33)31-30-17/h3-10,18,23H,11-14H2,1-2H3,(H,28,34)(H,29,35)(H,31,33)/t18-,23-/m0/s1. The third-order valence-corrected chi connectivity index (χ3v) is 6.55. The van der Waals surface area contributed by atoms with Gasteiger partial charge in [0.05, 0.1) is 26.8 Å². The van der Waals surface area contributed by atoms with Crippen LogP contribution in [0.2, 0.25) is 0 Å². The van der Waals surface area contributed by atoms with E-state index in [1.807, 2.05) is 0 Å². The summed E-state index contributed by atoms with van der Waals surface area (Å²) in [5.74, 6) is 0.158. The first kappa shape index (κ1) is 26.5. The molecule has 3 aliphatic rings. The number of benzene rings is 2. The van der Waals surface area contributed by atoms with Crippen molar-refractivity contribution in [2.24, 2.45) is 0 Å². The van der Waals surface area contributed by atoms with Gasteiger partial charge in [-0.2, -0.15) is 5.10 Å². The highest BCUT2D eigenvalue weighted by Crippen LogP contribution is 2.32. The number of methoxy groups -OCH3 is 2. The van der Waals surface area contributed by atoms with Crippen molar-refractivity contribution in [2.45, 2.75) is 18.7 Å². The van der Waals surface area contributed by atoms with Crippen LogP contribution in [-0.4, -0.2) is 78.9 Å². The predicted molar refractivity (Wildman–Crippen MR) is 140 cm³/mol. The van der Waals surface area contributed by atoms with Crippen LogP contribution in [0.4, 0.5) is 0 Å². The van der Waals surface area contributed by atoms with Gasteiger partial charge in [0.2, 0.25) is 0 Å². The predicted octanol–water partition coefficient (Wildman–Crippen LogP) is 0.498. The van der Waals surface area contributed by atoms with Crippen LogP contribution in [0.1, 0.15) is 26.4 Å². The van der Waals surface area contributed by atoms with Crippen molar-refractivity contribution < 1.29 is 33.3 Å². The van der Waals surface area contributed by atoms with Crippen LogP contribution in [0.3, 0.4) is 0 Å². The molecule has 0 unspecified atom stereocenters. The van der Waals surface area contributed by atoms with Gasteiger partial charge in [0.1, 0.15) is 11.8 Å². The molecule has 1 aromatic heterocycles. The lowest BCUT2D eigenvalue weighted by molar-refractivity contribution is -0.123. The van der Waals surface area contributed by atoms with E-state index >= 15 is 0 Å². The highest BCUT2D eigenvalue weighted by Gasteiger charge is 2.39. The molecule has 13 nitrogen and oxygen atoms in total. The molecule has 3 aromatic rings. The van der Waals surface area contributed by atoms with Crippen LogP contribution < -0.4 is 35.1 Å². The van der Waals surface area contributed by atoms with Crippen LogP contribution in [-0.2, 0) is 11.3 Å². The molecular weight excluding hydrogens is 522 g/mol. The average molecular weight is 550 g/mol. The fraction of sp³-hybridized carbons (Fsp3) is 0.296. The summed E-state index contributed by atoms with van der Waals surface area (Å²) in [4.78, 5) is 51.8. The molecular formula is C27H27N5O8. The number of hydrogen-bond donors (Lipinski definition) is 3. The number of amides is 3. The molecule has 1 saturated heterocycles. The van der Waals surface area contributed by atoms with Crippen molar-refractivity contribution in [1.82, 2.24) is 25.7 Å². The number of ether oxygens (including phenoxy) is 4. The maximum Gasteiger partial charge on any atom is 0.274 e. The molecule has 13 heteroatoms. The second-order valence-corrected chi connectivity index (χ2v) is 9.17. The fourth-order valence-electron chi connectivity index (χ4n) is 4.48. The minimum absolute atomic E-state index is 0.0562. The van der Waals surface area contributed by atoms with Crippen molar-refractivity contribution in [2.75, 3.05) is 33.9 Å². The molecule has 4 heterocycles. The summed E-state index contributed by atoms with van der Waals surface area (Å²) in [5, 5.41) is 11.8. The Balaban J connectivity index is 1.49. The van der Waals surface area contributed by atoms with Crippen LogP contribution in [0.25, 0.3) is 0 Å². The maximum atomic E-state index is 13.3. The highest BCUT2D eigenvalue weighted by molar-refractivity contribution is 5.96. The summed E-state index contributed by atoms with van der Waals surface area (Å²) in [5.41, 5.74) is 0.647. The lowest BCUT2D eigenvalue weighted by atomic mass is 10.1. The van der Waals surface area contributed by atoms with E-state index in [9.17, 15) is 19.2 Å². The number of carbonyl (C=O) groups is 3. The van der Waals surface area contributed by atoms with Gasteiger partial charge >= 0.3 is 0 Å². The van der Waals surface area contributed by atoms with Gasteiger partial charge in [-0.05, 0) is 42.0 Å².